The third-order valence-electron chi connectivity index (χ3n) is 6.36. The summed E-state index contributed by atoms with van der Waals surface area (Å²) in [4.78, 5) is 67.5. The molecule has 0 saturated carbocycles. The zero-order valence-electron chi connectivity index (χ0n) is 24.6. The summed E-state index contributed by atoms with van der Waals surface area (Å²) < 4.78 is 22.2. The molecular weight excluding hydrogens is 566 g/mol. The maximum absolute atomic E-state index is 11.9. The molecule has 0 atom stereocenters. The first-order chi connectivity index (χ1) is 20.8. The number of aromatic amines is 1. The average molecular weight is 610 g/mol. The van der Waals surface area contributed by atoms with Crippen molar-refractivity contribution < 1.29 is 43.2 Å². The van der Waals surface area contributed by atoms with Gasteiger partial charge in [-0.2, -0.15) is 4.98 Å². The van der Waals surface area contributed by atoms with Crippen molar-refractivity contribution in [3.05, 3.63) is 16.7 Å². The summed E-state index contributed by atoms with van der Waals surface area (Å²) in [6.45, 7) is 0.823. The molecule has 0 saturated heterocycles. The van der Waals surface area contributed by atoms with E-state index >= 15 is 0 Å². The molecule has 15 heteroatoms. The summed E-state index contributed by atoms with van der Waals surface area (Å²) in [6, 6.07) is 0. The minimum absolute atomic E-state index is 0.00532. The summed E-state index contributed by atoms with van der Waals surface area (Å²) >= 11 is 0. The molecule has 15 nitrogen and oxygen atoms in total. The van der Waals surface area contributed by atoms with E-state index in [9.17, 15) is 24.0 Å². The van der Waals surface area contributed by atoms with Gasteiger partial charge in [0.1, 0.15) is 13.3 Å². The number of hydrogen-bond donors (Lipinski definition) is 3. The number of aliphatic carboxylic acids is 1. The second-order valence-electron chi connectivity index (χ2n) is 9.97. The summed E-state index contributed by atoms with van der Waals surface area (Å²) in [6.07, 6.45) is 11.2. The molecule has 0 spiro atoms. The fraction of sp³-hybridized carbons (Fsp3) is 0.679. The number of carbonyl (C=O) groups excluding carboxylic acids is 3. The van der Waals surface area contributed by atoms with Crippen LogP contribution in [0.1, 0.15) is 89.9 Å². The minimum atomic E-state index is -1.00. The molecule has 0 aliphatic carbocycles. The van der Waals surface area contributed by atoms with E-state index in [1.54, 1.807) is 0 Å². The maximum atomic E-state index is 11.9. The Morgan fingerprint density at radius 1 is 0.744 bits per heavy atom. The molecule has 0 bridgehead atoms. The smallest absolute Gasteiger partial charge is 0.306 e. The van der Waals surface area contributed by atoms with Crippen LogP contribution in [0, 0.1) is 0 Å². The number of anilines is 1. The lowest BCUT2D eigenvalue weighted by atomic mass is 10.1. The Kier molecular flexibility index (Phi) is 17.0. The number of aromatic nitrogens is 4. The molecule has 0 amide bonds. The number of esters is 3. The Bertz CT molecular complexity index is 1210. The highest BCUT2D eigenvalue weighted by atomic mass is 16.6. The van der Waals surface area contributed by atoms with Gasteiger partial charge in [-0.3, -0.25) is 33.5 Å². The number of fused-ring (bicyclic) bond motifs is 1. The summed E-state index contributed by atoms with van der Waals surface area (Å²) in [5.41, 5.74) is 5.53. The Morgan fingerprint density at radius 2 is 1.23 bits per heavy atom. The monoisotopic (exact) mass is 609 g/mol. The lowest BCUT2D eigenvalue weighted by Gasteiger charge is -2.08. The number of rotatable bonds is 24. The van der Waals surface area contributed by atoms with E-state index in [1.165, 1.54) is 10.9 Å². The van der Waals surface area contributed by atoms with Gasteiger partial charge < -0.3 is 29.8 Å². The summed E-state index contributed by atoms with van der Waals surface area (Å²) in [5, 5.41) is 8.52. The fourth-order valence-corrected chi connectivity index (χ4v) is 4.06. The van der Waals surface area contributed by atoms with Gasteiger partial charge in [-0.1, -0.05) is 51.4 Å². The number of carbonyl (C=O) groups is 4. The highest BCUT2D eigenvalue weighted by Gasteiger charge is 2.11. The lowest BCUT2D eigenvalue weighted by molar-refractivity contribution is -0.151. The predicted octanol–water partition coefficient (Wildman–Crippen LogP) is 2.85. The third kappa shape index (κ3) is 15.7. The van der Waals surface area contributed by atoms with Crippen molar-refractivity contribution in [3.8, 4) is 0 Å². The first-order valence-electron chi connectivity index (χ1n) is 14.7. The van der Waals surface area contributed by atoms with Crippen molar-refractivity contribution in [1.82, 2.24) is 19.5 Å². The van der Waals surface area contributed by atoms with Crippen LogP contribution >= 0.6 is 0 Å². The Labute approximate surface area is 249 Å². The predicted molar refractivity (Wildman–Crippen MR) is 154 cm³/mol. The number of nitrogen functional groups attached to an aromatic ring is 1. The van der Waals surface area contributed by atoms with E-state index in [2.05, 4.69) is 15.0 Å². The summed E-state index contributed by atoms with van der Waals surface area (Å²) in [5.74, 6) is -2.45. The van der Waals surface area contributed by atoms with Gasteiger partial charge in [0.05, 0.1) is 51.8 Å². The first-order valence-corrected chi connectivity index (χ1v) is 14.7. The molecule has 240 valence electrons. The van der Waals surface area contributed by atoms with Gasteiger partial charge in [0.25, 0.3) is 5.56 Å². The van der Waals surface area contributed by atoms with Crippen molar-refractivity contribution in [2.24, 2.45) is 0 Å². The molecule has 2 rings (SSSR count). The minimum Gasteiger partial charge on any atom is -0.481 e. The molecule has 2 heterocycles. The third-order valence-corrected chi connectivity index (χ3v) is 6.36. The molecule has 0 radical (unpaired) electrons. The van der Waals surface area contributed by atoms with Crippen LogP contribution in [-0.4, -0.2) is 74.9 Å². The Balaban J connectivity index is 1.34. The second kappa shape index (κ2) is 20.8. The molecule has 2 aromatic heterocycles. The van der Waals surface area contributed by atoms with Crippen LogP contribution in [-0.2, 0) is 44.9 Å². The quantitative estimate of drug-likeness (QED) is 0.0887. The van der Waals surface area contributed by atoms with E-state index in [4.69, 9.17) is 29.8 Å². The SMILES string of the molecule is Nc1nc2c(ncn2COCCOC(=O)CCC(=O)OCCCCCCCCCCCCOC(=O)CCC(=O)O)c(=O)[nH]1. The number of carboxylic acids is 1. The van der Waals surface area contributed by atoms with E-state index in [0.717, 1.165) is 64.2 Å². The molecule has 2 aromatic rings. The van der Waals surface area contributed by atoms with Gasteiger partial charge in [-0.15, -0.1) is 0 Å². The Morgan fingerprint density at radius 3 is 1.77 bits per heavy atom. The van der Waals surface area contributed by atoms with Gasteiger partial charge in [0.2, 0.25) is 5.95 Å². The standard InChI is InChI=1S/C28H43N5O10/c29-28-31-26-25(27(39)32-28)30-19-33(26)20-40-17-18-43-24(38)14-13-23(37)42-16-10-8-6-4-2-1-3-5-7-9-15-41-22(36)12-11-21(34)35/h19H,1-18,20H2,(H,34,35)(H3,29,31,32,39). The van der Waals surface area contributed by atoms with Crippen molar-refractivity contribution in [3.63, 3.8) is 0 Å². The van der Waals surface area contributed by atoms with Crippen molar-refractivity contribution in [1.29, 1.82) is 0 Å². The Hall–Kier alpha value is -4.01. The number of nitrogens with zero attached hydrogens (tertiary/aromatic N) is 3. The number of H-pyrrole nitrogens is 1. The molecule has 0 aromatic carbocycles. The van der Waals surface area contributed by atoms with E-state index in [0.29, 0.717) is 13.2 Å². The van der Waals surface area contributed by atoms with Crippen LogP contribution < -0.4 is 11.3 Å². The zero-order valence-corrected chi connectivity index (χ0v) is 24.6. The highest BCUT2D eigenvalue weighted by Crippen LogP contribution is 2.11. The summed E-state index contributed by atoms with van der Waals surface area (Å²) in [7, 11) is 0. The van der Waals surface area contributed by atoms with Gasteiger partial charge in [-0.25, -0.2) is 4.98 Å². The van der Waals surface area contributed by atoms with Crippen LogP contribution in [0.3, 0.4) is 0 Å². The van der Waals surface area contributed by atoms with E-state index < -0.39 is 29.4 Å². The number of nitrogens with one attached hydrogen (secondary N) is 1. The maximum Gasteiger partial charge on any atom is 0.306 e. The zero-order chi connectivity index (χ0) is 31.3. The number of unbranched alkanes of at least 4 members (excludes halogenated alkanes) is 9. The topological polar surface area (TPSA) is 215 Å². The highest BCUT2D eigenvalue weighted by molar-refractivity contribution is 5.77. The van der Waals surface area contributed by atoms with Crippen LogP contribution in [0.4, 0.5) is 5.95 Å². The first kappa shape index (κ1) is 35.2. The molecule has 43 heavy (non-hydrogen) atoms. The fourth-order valence-electron chi connectivity index (χ4n) is 4.06. The number of nitrogens with two attached hydrogens (primary N) is 1. The molecular formula is C28H43N5O10. The molecule has 4 N–H and O–H groups in total. The number of carboxylic acid groups (broad SMARTS) is 1. The molecule has 0 unspecified atom stereocenters. The normalized spacial score (nSPS) is 11.0. The second-order valence-corrected chi connectivity index (χ2v) is 9.97. The van der Waals surface area contributed by atoms with E-state index in [-0.39, 0.29) is 62.7 Å². The lowest BCUT2D eigenvalue weighted by Crippen LogP contribution is -2.15. The van der Waals surface area contributed by atoms with Crippen molar-refractivity contribution in [2.75, 3.05) is 32.2 Å². The van der Waals surface area contributed by atoms with Crippen LogP contribution in [0.2, 0.25) is 0 Å². The van der Waals surface area contributed by atoms with Crippen LogP contribution in [0.25, 0.3) is 11.2 Å². The van der Waals surface area contributed by atoms with Crippen LogP contribution in [0.5, 0.6) is 0 Å². The van der Waals surface area contributed by atoms with E-state index in [1.807, 2.05) is 0 Å². The van der Waals surface area contributed by atoms with Gasteiger partial charge in [0, 0.05) is 0 Å². The molecule has 0 aliphatic rings. The van der Waals surface area contributed by atoms with Crippen molar-refractivity contribution in [2.45, 2.75) is 96.6 Å². The number of imidazole rings is 1. The molecule has 0 aliphatic heterocycles. The number of hydrogen-bond acceptors (Lipinski definition) is 12. The van der Waals surface area contributed by atoms with Gasteiger partial charge in [0.15, 0.2) is 11.2 Å². The average Bonchev–Trinajstić information content (AvgIpc) is 3.37. The number of ether oxygens (including phenoxy) is 4. The largest absolute Gasteiger partial charge is 0.481 e. The van der Waals surface area contributed by atoms with Gasteiger partial charge in [-0.05, 0) is 12.8 Å². The molecule has 0 fully saturated rings. The van der Waals surface area contributed by atoms with Gasteiger partial charge >= 0.3 is 23.9 Å². The van der Waals surface area contributed by atoms with Crippen LogP contribution in [0.15, 0.2) is 11.1 Å². The van der Waals surface area contributed by atoms with Crippen molar-refractivity contribution >= 4 is 41.0 Å².